The van der Waals surface area contributed by atoms with E-state index in [1.807, 2.05) is 12.3 Å². The number of nitrogens with one attached hydrogen (secondary N) is 1. The second-order valence-electron chi connectivity index (χ2n) is 6.79. The van der Waals surface area contributed by atoms with Gasteiger partial charge >= 0.3 is 0 Å². The molecule has 0 bridgehead atoms. The van der Waals surface area contributed by atoms with Gasteiger partial charge in [0.05, 0.1) is 6.04 Å². The lowest BCUT2D eigenvalue weighted by molar-refractivity contribution is -0.121. The minimum Gasteiger partial charge on any atom is -0.350 e. The minimum atomic E-state index is 0.0454. The molecule has 1 aromatic carbocycles. The highest BCUT2D eigenvalue weighted by atomic mass is 32.1. The molecular weight excluding hydrogens is 290 g/mol. The molecule has 0 aliphatic carbocycles. The Balaban J connectivity index is 1.88. The van der Waals surface area contributed by atoms with Crippen molar-refractivity contribution in [3.05, 3.63) is 57.8 Å². The Morgan fingerprint density at radius 1 is 1.18 bits per heavy atom. The van der Waals surface area contributed by atoms with E-state index in [4.69, 9.17) is 0 Å². The first-order chi connectivity index (χ1) is 10.4. The zero-order chi connectivity index (χ0) is 16.2. The summed E-state index contributed by atoms with van der Waals surface area (Å²) in [6.45, 7) is 8.65. The number of amides is 1. The number of benzene rings is 1. The van der Waals surface area contributed by atoms with Crippen LogP contribution in [-0.2, 0) is 16.6 Å². The zero-order valence-corrected chi connectivity index (χ0v) is 14.7. The summed E-state index contributed by atoms with van der Waals surface area (Å²) in [6, 6.07) is 10.7. The maximum absolute atomic E-state index is 12.0. The second kappa shape index (κ2) is 7.10. The Morgan fingerprint density at radius 3 is 2.41 bits per heavy atom. The molecule has 0 aliphatic rings. The van der Waals surface area contributed by atoms with Gasteiger partial charge in [0.15, 0.2) is 0 Å². The van der Waals surface area contributed by atoms with Crippen molar-refractivity contribution < 1.29 is 4.79 Å². The van der Waals surface area contributed by atoms with Crippen LogP contribution in [0.2, 0.25) is 0 Å². The molecule has 0 saturated heterocycles. The first-order valence-corrected chi connectivity index (χ1v) is 8.71. The highest BCUT2D eigenvalue weighted by molar-refractivity contribution is 7.07. The summed E-state index contributed by atoms with van der Waals surface area (Å²) in [6.07, 6.45) is 1.35. The number of hydrogen-bond acceptors (Lipinski definition) is 2. The van der Waals surface area contributed by atoms with Gasteiger partial charge in [0.2, 0.25) is 5.91 Å². The van der Waals surface area contributed by atoms with E-state index in [9.17, 15) is 4.79 Å². The van der Waals surface area contributed by atoms with E-state index in [0.29, 0.717) is 6.42 Å². The van der Waals surface area contributed by atoms with Gasteiger partial charge < -0.3 is 5.32 Å². The van der Waals surface area contributed by atoms with Crippen molar-refractivity contribution in [1.82, 2.24) is 5.32 Å². The molecule has 0 radical (unpaired) electrons. The molecule has 0 fully saturated rings. The topological polar surface area (TPSA) is 29.1 Å². The lowest BCUT2D eigenvalue weighted by Gasteiger charge is -2.20. The van der Waals surface area contributed by atoms with Crippen LogP contribution in [0.1, 0.15) is 56.8 Å². The van der Waals surface area contributed by atoms with Crippen LogP contribution < -0.4 is 5.32 Å². The van der Waals surface area contributed by atoms with Gasteiger partial charge in [0.25, 0.3) is 0 Å². The van der Waals surface area contributed by atoms with Crippen molar-refractivity contribution in [3.8, 4) is 0 Å². The minimum absolute atomic E-state index is 0.0454. The molecular formula is C19H25NOS. The summed E-state index contributed by atoms with van der Waals surface area (Å²) in [4.78, 5) is 12.0. The molecule has 2 aromatic rings. The van der Waals surface area contributed by atoms with Crippen molar-refractivity contribution in [2.75, 3.05) is 0 Å². The molecule has 22 heavy (non-hydrogen) atoms. The predicted octanol–water partition coefficient (Wildman–Crippen LogP) is 4.86. The first-order valence-electron chi connectivity index (χ1n) is 7.77. The van der Waals surface area contributed by atoms with Gasteiger partial charge in [-0.15, -0.1) is 0 Å². The summed E-state index contributed by atoms with van der Waals surface area (Å²) < 4.78 is 0. The van der Waals surface area contributed by atoms with Gasteiger partial charge in [-0.05, 0) is 52.3 Å². The number of carbonyl (C=O) groups excluding carboxylic acids is 1. The van der Waals surface area contributed by atoms with Crippen LogP contribution in [0.15, 0.2) is 41.1 Å². The number of thiophene rings is 1. The van der Waals surface area contributed by atoms with Gasteiger partial charge in [-0.2, -0.15) is 11.3 Å². The third kappa shape index (κ3) is 4.70. The van der Waals surface area contributed by atoms with E-state index >= 15 is 0 Å². The predicted molar refractivity (Wildman–Crippen MR) is 94.3 cm³/mol. The quantitative estimate of drug-likeness (QED) is 0.839. The van der Waals surface area contributed by atoms with Crippen LogP contribution in [-0.4, -0.2) is 5.91 Å². The molecule has 2 rings (SSSR count). The largest absolute Gasteiger partial charge is 0.350 e. The monoisotopic (exact) mass is 315 g/mol. The van der Waals surface area contributed by atoms with E-state index in [0.717, 1.165) is 12.0 Å². The van der Waals surface area contributed by atoms with Crippen LogP contribution in [0.5, 0.6) is 0 Å². The molecule has 1 aromatic heterocycles. The Labute approximate surface area is 137 Å². The van der Waals surface area contributed by atoms with Crippen LogP contribution in [0.25, 0.3) is 0 Å². The van der Waals surface area contributed by atoms with Crippen molar-refractivity contribution in [3.63, 3.8) is 0 Å². The molecule has 1 unspecified atom stereocenters. The fourth-order valence-electron chi connectivity index (χ4n) is 2.36. The third-order valence-electron chi connectivity index (χ3n) is 3.88. The standard InChI is InChI=1S/C19H25NOS/c1-14(16-6-8-17(9-7-16)19(2,3)4)20-18(21)10-5-15-11-12-22-13-15/h6-9,11-14H,5,10H2,1-4H3,(H,20,21). The number of aryl methyl sites for hydroxylation is 1. The molecule has 118 valence electrons. The molecule has 3 heteroatoms. The maximum atomic E-state index is 12.0. The van der Waals surface area contributed by atoms with E-state index in [1.54, 1.807) is 11.3 Å². The van der Waals surface area contributed by atoms with Gasteiger partial charge in [-0.25, -0.2) is 0 Å². The lowest BCUT2D eigenvalue weighted by atomic mass is 9.86. The molecule has 0 saturated carbocycles. The van der Waals surface area contributed by atoms with Crippen molar-refractivity contribution in [1.29, 1.82) is 0 Å². The van der Waals surface area contributed by atoms with Crippen LogP contribution in [0, 0.1) is 0 Å². The summed E-state index contributed by atoms with van der Waals surface area (Å²) in [7, 11) is 0. The molecule has 1 N–H and O–H groups in total. The maximum Gasteiger partial charge on any atom is 0.220 e. The summed E-state index contributed by atoms with van der Waals surface area (Å²) in [5, 5.41) is 7.23. The fraction of sp³-hybridized carbons (Fsp3) is 0.421. The Morgan fingerprint density at radius 2 is 1.86 bits per heavy atom. The highest BCUT2D eigenvalue weighted by Gasteiger charge is 2.14. The average molecular weight is 315 g/mol. The summed E-state index contributed by atoms with van der Waals surface area (Å²) >= 11 is 1.67. The third-order valence-corrected chi connectivity index (χ3v) is 4.61. The zero-order valence-electron chi connectivity index (χ0n) is 13.8. The number of carbonyl (C=O) groups is 1. The normalized spacial score (nSPS) is 12.9. The average Bonchev–Trinajstić information content (AvgIpc) is 2.97. The molecule has 0 aliphatic heterocycles. The summed E-state index contributed by atoms with van der Waals surface area (Å²) in [5.74, 6) is 0.110. The Bertz CT molecular complexity index is 593. The van der Waals surface area contributed by atoms with Crippen LogP contribution in [0.3, 0.4) is 0 Å². The number of hydrogen-bond donors (Lipinski definition) is 1. The van der Waals surface area contributed by atoms with Gasteiger partial charge in [-0.3, -0.25) is 4.79 Å². The Hall–Kier alpha value is -1.61. The fourth-order valence-corrected chi connectivity index (χ4v) is 3.06. The molecule has 1 heterocycles. The SMILES string of the molecule is CC(NC(=O)CCc1ccsc1)c1ccc(C(C)(C)C)cc1. The van der Waals surface area contributed by atoms with Gasteiger partial charge in [0, 0.05) is 6.42 Å². The Kier molecular flexibility index (Phi) is 5.41. The molecule has 1 atom stereocenters. The first kappa shape index (κ1) is 16.8. The van der Waals surface area contributed by atoms with Gasteiger partial charge in [-0.1, -0.05) is 45.0 Å². The molecule has 2 nitrogen and oxygen atoms in total. The lowest BCUT2D eigenvalue weighted by Crippen LogP contribution is -2.26. The van der Waals surface area contributed by atoms with Gasteiger partial charge in [0.1, 0.15) is 0 Å². The summed E-state index contributed by atoms with van der Waals surface area (Å²) in [5.41, 5.74) is 3.86. The van der Waals surface area contributed by atoms with E-state index in [-0.39, 0.29) is 17.4 Å². The van der Waals surface area contributed by atoms with E-state index in [2.05, 4.69) is 61.8 Å². The molecule has 1 amide bonds. The van der Waals surface area contributed by atoms with Crippen molar-refractivity contribution in [2.24, 2.45) is 0 Å². The smallest absolute Gasteiger partial charge is 0.220 e. The van der Waals surface area contributed by atoms with E-state index < -0.39 is 0 Å². The second-order valence-corrected chi connectivity index (χ2v) is 7.57. The van der Waals surface area contributed by atoms with Crippen molar-refractivity contribution >= 4 is 17.2 Å². The van der Waals surface area contributed by atoms with Crippen molar-refractivity contribution in [2.45, 2.75) is 52.0 Å². The van der Waals surface area contributed by atoms with E-state index in [1.165, 1.54) is 11.1 Å². The highest BCUT2D eigenvalue weighted by Crippen LogP contribution is 2.24. The number of rotatable bonds is 5. The van der Waals surface area contributed by atoms with Crippen LogP contribution >= 0.6 is 11.3 Å². The molecule has 0 spiro atoms. The van der Waals surface area contributed by atoms with Crippen LogP contribution in [0.4, 0.5) is 0 Å².